The van der Waals surface area contributed by atoms with E-state index in [1.54, 1.807) is 0 Å². The molecule has 0 fully saturated rings. The molecule has 1 aliphatic rings. The molecule has 0 spiro atoms. The quantitative estimate of drug-likeness (QED) is 0.880. The van der Waals surface area contributed by atoms with Gasteiger partial charge in [-0.05, 0) is 51.5 Å². The molecule has 0 bridgehead atoms. The van der Waals surface area contributed by atoms with Crippen molar-refractivity contribution < 1.29 is 0 Å². The summed E-state index contributed by atoms with van der Waals surface area (Å²) in [6.45, 7) is 10.9. The van der Waals surface area contributed by atoms with Gasteiger partial charge in [0, 0.05) is 30.2 Å². The Kier molecular flexibility index (Phi) is 4.97. The van der Waals surface area contributed by atoms with Gasteiger partial charge in [0.1, 0.15) is 0 Å². The molecule has 1 atom stereocenters. The van der Waals surface area contributed by atoms with Gasteiger partial charge in [-0.25, -0.2) is 0 Å². The molecule has 1 N–H and O–H groups in total. The number of amidine groups is 1. The number of nitrogens with one attached hydrogen (secondary N) is 1. The Hall–Kier alpha value is -1.16. The molecule has 2 rings (SSSR count). The van der Waals surface area contributed by atoms with E-state index < -0.39 is 0 Å². The Morgan fingerprint density at radius 2 is 1.85 bits per heavy atom. The summed E-state index contributed by atoms with van der Waals surface area (Å²) in [5, 5.41) is 4.47. The van der Waals surface area contributed by atoms with Gasteiger partial charge in [0.2, 0.25) is 0 Å². The first-order chi connectivity index (χ1) is 9.60. The summed E-state index contributed by atoms with van der Waals surface area (Å²) in [6.07, 6.45) is 1.09. The number of hydrogen-bond acceptors (Lipinski definition) is 4. The van der Waals surface area contributed by atoms with Crippen molar-refractivity contribution in [2.75, 3.05) is 29.1 Å². The van der Waals surface area contributed by atoms with Gasteiger partial charge < -0.3 is 10.2 Å². The fraction of sp³-hybridized carbons (Fsp3) is 0.562. The van der Waals surface area contributed by atoms with Gasteiger partial charge in [0.15, 0.2) is 5.17 Å². The van der Waals surface area contributed by atoms with E-state index >= 15 is 0 Å². The number of benzene rings is 1. The van der Waals surface area contributed by atoms with E-state index in [4.69, 9.17) is 4.99 Å². The summed E-state index contributed by atoms with van der Waals surface area (Å²) in [5.41, 5.74) is 2.50. The molecule has 3 nitrogen and oxygen atoms in total. The molecule has 1 aromatic carbocycles. The van der Waals surface area contributed by atoms with Crippen LogP contribution in [0.4, 0.5) is 11.4 Å². The fourth-order valence-electron chi connectivity index (χ4n) is 2.25. The van der Waals surface area contributed by atoms with Gasteiger partial charge in [0.05, 0.1) is 5.54 Å². The van der Waals surface area contributed by atoms with Crippen molar-refractivity contribution in [3.63, 3.8) is 0 Å². The van der Waals surface area contributed by atoms with E-state index in [-0.39, 0.29) is 5.54 Å². The molecular formula is C16H25N3S. The third-order valence-corrected chi connectivity index (χ3v) is 5.13. The predicted molar refractivity (Wildman–Crippen MR) is 92.2 cm³/mol. The Bertz CT molecular complexity index is 465. The van der Waals surface area contributed by atoms with Gasteiger partial charge in [-0.3, -0.25) is 4.99 Å². The Morgan fingerprint density at radius 3 is 2.35 bits per heavy atom. The van der Waals surface area contributed by atoms with Crippen LogP contribution in [0.15, 0.2) is 29.3 Å². The second-order valence-corrected chi connectivity index (χ2v) is 6.36. The maximum atomic E-state index is 4.78. The van der Waals surface area contributed by atoms with Gasteiger partial charge in [-0.2, -0.15) is 0 Å². The normalized spacial score (nSPS) is 21.7. The Labute approximate surface area is 126 Å². The van der Waals surface area contributed by atoms with E-state index in [1.807, 2.05) is 11.8 Å². The molecule has 1 unspecified atom stereocenters. The van der Waals surface area contributed by atoms with Crippen molar-refractivity contribution in [3.8, 4) is 0 Å². The largest absolute Gasteiger partial charge is 0.372 e. The molecule has 1 heterocycles. The van der Waals surface area contributed by atoms with E-state index in [2.05, 4.69) is 62.2 Å². The predicted octanol–water partition coefficient (Wildman–Crippen LogP) is 4.22. The average Bonchev–Trinajstić information content (AvgIpc) is 2.84. The Balaban J connectivity index is 2.03. The number of nitrogens with zero attached hydrogens (tertiary/aromatic N) is 2. The second kappa shape index (κ2) is 6.53. The molecule has 1 aromatic rings. The van der Waals surface area contributed by atoms with E-state index in [9.17, 15) is 0 Å². The fourth-order valence-corrected chi connectivity index (χ4v) is 3.44. The molecule has 0 saturated heterocycles. The molecule has 4 heteroatoms. The lowest BCUT2D eigenvalue weighted by Crippen LogP contribution is -2.21. The van der Waals surface area contributed by atoms with Crippen molar-refractivity contribution in [1.29, 1.82) is 0 Å². The molecule has 110 valence electrons. The number of anilines is 2. The molecule has 0 saturated carbocycles. The van der Waals surface area contributed by atoms with Crippen LogP contribution in [0, 0.1) is 0 Å². The first-order valence-corrected chi connectivity index (χ1v) is 8.43. The van der Waals surface area contributed by atoms with Crippen molar-refractivity contribution >= 4 is 28.3 Å². The highest BCUT2D eigenvalue weighted by Crippen LogP contribution is 2.31. The van der Waals surface area contributed by atoms with E-state index in [0.29, 0.717) is 0 Å². The minimum Gasteiger partial charge on any atom is -0.372 e. The van der Waals surface area contributed by atoms with Crippen LogP contribution in [-0.2, 0) is 0 Å². The van der Waals surface area contributed by atoms with Crippen LogP contribution in [0.1, 0.15) is 34.1 Å². The van der Waals surface area contributed by atoms with Crippen molar-refractivity contribution in [2.45, 2.75) is 39.7 Å². The highest BCUT2D eigenvalue weighted by molar-refractivity contribution is 8.14. The number of thioether (sulfide) groups is 1. The molecule has 1 aliphatic heterocycles. The molecule has 0 radical (unpaired) electrons. The Morgan fingerprint density at radius 1 is 1.20 bits per heavy atom. The van der Waals surface area contributed by atoms with Crippen LogP contribution >= 0.6 is 11.8 Å². The van der Waals surface area contributed by atoms with Crippen LogP contribution in [0.2, 0.25) is 0 Å². The summed E-state index contributed by atoms with van der Waals surface area (Å²) in [6, 6.07) is 8.62. The molecular weight excluding hydrogens is 266 g/mol. The maximum Gasteiger partial charge on any atom is 0.161 e. The van der Waals surface area contributed by atoms with Gasteiger partial charge >= 0.3 is 0 Å². The summed E-state index contributed by atoms with van der Waals surface area (Å²) in [4.78, 5) is 7.13. The van der Waals surface area contributed by atoms with Gasteiger partial charge in [0.25, 0.3) is 0 Å². The summed E-state index contributed by atoms with van der Waals surface area (Å²) >= 11 is 1.82. The van der Waals surface area contributed by atoms with Crippen LogP contribution in [-0.4, -0.2) is 29.5 Å². The number of hydrogen-bond donors (Lipinski definition) is 1. The van der Waals surface area contributed by atoms with Crippen LogP contribution in [0.5, 0.6) is 0 Å². The summed E-state index contributed by atoms with van der Waals surface area (Å²) in [5.74, 6) is 1.07. The zero-order valence-electron chi connectivity index (χ0n) is 12.9. The first-order valence-electron chi connectivity index (χ1n) is 7.45. The highest BCUT2D eigenvalue weighted by Gasteiger charge is 2.28. The minimum atomic E-state index is 0.105. The smallest absolute Gasteiger partial charge is 0.161 e. The van der Waals surface area contributed by atoms with Crippen molar-refractivity contribution in [2.24, 2.45) is 4.99 Å². The standard InChI is InChI=1S/C16H25N3S/c1-5-16(4)12-20-15(18-16)17-13-8-10-14(11-9-13)19(6-2)7-3/h8-11H,5-7,12H2,1-4H3,(H,17,18). The lowest BCUT2D eigenvalue weighted by Gasteiger charge is -2.21. The SMILES string of the molecule is CCN(CC)c1ccc(NC2=NC(C)(CC)CS2)cc1. The third kappa shape index (κ3) is 3.48. The molecule has 0 amide bonds. The summed E-state index contributed by atoms with van der Waals surface area (Å²) in [7, 11) is 0. The second-order valence-electron chi connectivity index (χ2n) is 5.40. The number of rotatable bonds is 5. The lowest BCUT2D eigenvalue weighted by atomic mass is 10.0. The molecule has 0 aromatic heterocycles. The minimum absolute atomic E-state index is 0.105. The van der Waals surface area contributed by atoms with Crippen molar-refractivity contribution in [1.82, 2.24) is 0 Å². The van der Waals surface area contributed by atoms with Crippen LogP contribution in [0.3, 0.4) is 0 Å². The van der Waals surface area contributed by atoms with Gasteiger partial charge in [-0.15, -0.1) is 0 Å². The third-order valence-electron chi connectivity index (χ3n) is 3.90. The van der Waals surface area contributed by atoms with Crippen LogP contribution < -0.4 is 10.2 Å². The van der Waals surface area contributed by atoms with E-state index in [1.165, 1.54) is 5.69 Å². The van der Waals surface area contributed by atoms with Gasteiger partial charge in [-0.1, -0.05) is 18.7 Å². The number of aliphatic imine (C=N–C) groups is 1. The zero-order valence-corrected chi connectivity index (χ0v) is 13.8. The average molecular weight is 291 g/mol. The molecule has 20 heavy (non-hydrogen) atoms. The first kappa shape index (κ1) is 15.2. The zero-order chi connectivity index (χ0) is 14.6. The van der Waals surface area contributed by atoms with Crippen LogP contribution in [0.25, 0.3) is 0 Å². The molecule has 0 aliphatic carbocycles. The topological polar surface area (TPSA) is 27.6 Å². The van der Waals surface area contributed by atoms with E-state index in [0.717, 1.165) is 36.1 Å². The monoisotopic (exact) mass is 291 g/mol. The maximum absolute atomic E-state index is 4.78. The summed E-state index contributed by atoms with van der Waals surface area (Å²) < 4.78 is 0. The van der Waals surface area contributed by atoms with Crippen molar-refractivity contribution in [3.05, 3.63) is 24.3 Å². The highest BCUT2D eigenvalue weighted by atomic mass is 32.2. The lowest BCUT2D eigenvalue weighted by molar-refractivity contribution is 0.523.